The van der Waals surface area contributed by atoms with E-state index in [9.17, 15) is 0 Å². The fraction of sp³-hybridized carbons (Fsp3) is 0.400. The lowest BCUT2D eigenvalue weighted by molar-refractivity contribution is 0.332. The lowest BCUT2D eigenvalue weighted by Gasteiger charge is -2.42. The Morgan fingerprint density at radius 2 is 1.41 bits per heavy atom. The van der Waals surface area contributed by atoms with Gasteiger partial charge in [-0.3, -0.25) is 0 Å². The third-order valence-electron chi connectivity index (χ3n) is 7.45. The Kier molecular flexibility index (Phi) is 4.54. The predicted octanol–water partition coefficient (Wildman–Crippen LogP) is 8.98. The molecule has 3 aromatic carbocycles. The number of benzene rings is 3. The highest BCUT2D eigenvalue weighted by molar-refractivity contribution is 6.07. The average molecular weight is 426 g/mol. The van der Waals surface area contributed by atoms with Crippen LogP contribution >= 0.6 is 0 Å². The Balaban J connectivity index is 1.55. The van der Waals surface area contributed by atoms with Crippen molar-refractivity contribution in [2.45, 2.75) is 77.6 Å². The molecule has 1 aromatic heterocycles. The molecule has 0 saturated heterocycles. The van der Waals surface area contributed by atoms with Crippen molar-refractivity contribution in [3.05, 3.63) is 71.3 Å². The van der Waals surface area contributed by atoms with E-state index >= 15 is 0 Å². The van der Waals surface area contributed by atoms with Gasteiger partial charge in [-0.2, -0.15) is 0 Å². The number of anilines is 2. The Bertz CT molecular complexity index is 1330. The molecule has 5 rings (SSSR count). The summed E-state index contributed by atoms with van der Waals surface area (Å²) in [5, 5.41) is 6.00. The van der Waals surface area contributed by atoms with Crippen molar-refractivity contribution >= 4 is 33.3 Å². The molecule has 1 aliphatic rings. The molecule has 0 amide bonds. The topological polar surface area (TPSA) is 25.2 Å². The van der Waals surface area contributed by atoms with Crippen LogP contribution in [0.4, 0.5) is 11.4 Å². The van der Waals surface area contributed by atoms with Crippen LogP contribution in [0.3, 0.4) is 0 Å². The van der Waals surface area contributed by atoms with Crippen molar-refractivity contribution in [2.75, 3.05) is 5.32 Å². The predicted molar refractivity (Wildman–Crippen MR) is 137 cm³/mol. The van der Waals surface area contributed by atoms with Gasteiger partial charge < -0.3 is 9.73 Å². The summed E-state index contributed by atoms with van der Waals surface area (Å²) >= 11 is 0. The Hall–Kier alpha value is -2.74. The van der Waals surface area contributed by atoms with Crippen LogP contribution in [-0.2, 0) is 16.2 Å². The molecule has 0 atom stereocenters. The van der Waals surface area contributed by atoms with Gasteiger partial charge in [-0.1, -0.05) is 72.7 Å². The van der Waals surface area contributed by atoms with E-state index in [2.05, 4.69) is 108 Å². The van der Waals surface area contributed by atoms with Gasteiger partial charge in [0.2, 0.25) is 0 Å². The van der Waals surface area contributed by atoms with Crippen LogP contribution in [0, 0.1) is 0 Å². The maximum Gasteiger partial charge on any atom is 0.139 e. The van der Waals surface area contributed by atoms with E-state index in [1.807, 2.05) is 0 Å². The quantitative estimate of drug-likeness (QED) is 0.346. The molecule has 0 aliphatic heterocycles. The molecule has 0 bridgehead atoms. The lowest BCUT2D eigenvalue weighted by atomic mass is 9.63. The summed E-state index contributed by atoms with van der Waals surface area (Å²) in [4.78, 5) is 0. The number of nitrogens with one attached hydrogen (secondary N) is 1. The van der Waals surface area contributed by atoms with Crippen LogP contribution < -0.4 is 5.32 Å². The Labute approximate surface area is 192 Å². The highest BCUT2D eigenvalue weighted by Crippen LogP contribution is 2.46. The van der Waals surface area contributed by atoms with Crippen LogP contribution in [0.15, 0.2) is 59.0 Å². The zero-order valence-corrected chi connectivity index (χ0v) is 20.5. The van der Waals surface area contributed by atoms with Crippen molar-refractivity contribution in [1.82, 2.24) is 0 Å². The first-order valence-electron chi connectivity index (χ1n) is 11.8. The zero-order chi connectivity index (χ0) is 22.9. The summed E-state index contributed by atoms with van der Waals surface area (Å²) in [5.74, 6) is 0. The summed E-state index contributed by atoms with van der Waals surface area (Å²) in [7, 11) is 0. The molecule has 1 N–H and O–H groups in total. The second-order valence-electron chi connectivity index (χ2n) is 11.9. The first-order valence-corrected chi connectivity index (χ1v) is 11.8. The molecule has 0 radical (unpaired) electrons. The highest BCUT2D eigenvalue weighted by Gasteiger charge is 2.37. The van der Waals surface area contributed by atoms with Gasteiger partial charge in [0.25, 0.3) is 0 Å². The maximum atomic E-state index is 6.40. The molecular weight excluding hydrogens is 390 g/mol. The number of hydrogen-bond donors (Lipinski definition) is 1. The molecule has 0 spiro atoms. The van der Waals surface area contributed by atoms with E-state index in [4.69, 9.17) is 4.42 Å². The summed E-state index contributed by atoms with van der Waals surface area (Å²) in [6, 6.07) is 19.9. The van der Waals surface area contributed by atoms with Gasteiger partial charge in [0.15, 0.2) is 0 Å². The molecular formula is C30H35NO. The number of rotatable bonds is 2. The summed E-state index contributed by atoms with van der Waals surface area (Å²) in [6.45, 7) is 16.2. The van der Waals surface area contributed by atoms with E-state index in [-0.39, 0.29) is 16.2 Å². The first-order chi connectivity index (χ1) is 15.0. The van der Waals surface area contributed by atoms with E-state index in [1.54, 1.807) is 0 Å². The summed E-state index contributed by atoms with van der Waals surface area (Å²) in [5.41, 5.74) is 8.82. The highest BCUT2D eigenvalue weighted by atomic mass is 16.3. The molecule has 1 heterocycles. The third kappa shape index (κ3) is 3.41. The van der Waals surface area contributed by atoms with Gasteiger partial charge in [0, 0.05) is 33.8 Å². The van der Waals surface area contributed by atoms with Crippen molar-refractivity contribution in [2.24, 2.45) is 0 Å². The number of para-hydroxylation sites is 1. The van der Waals surface area contributed by atoms with Gasteiger partial charge in [-0.05, 0) is 64.5 Å². The average Bonchev–Trinajstić information content (AvgIpc) is 3.08. The molecule has 1 aliphatic carbocycles. The van der Waals surface area contributed by atoms with E-state index in [0.29, 0.717) is 0 Å². The fourth-order valence-electron chi connectivity index (χ4n) is 5.30. The van der Waals surface area contributed by atoms with Crippen LogP contribution in [0.2, 0.25) is 0 Å². The van der Waals surface area contributed by atoms with Crippen LogP contribution in [0.25, 0.3) is 21.9 Å². The molecule has 4 aromatic rings. The molecule has 2 nitrogen and oxygen atoms in total. The van der Waals surface area contributed by atoms with Gasteiger partial charge in [0.05, 0.1) is 0 Å². The van der Waals surface area contributed by atoms with Crippen LogP contribution in [-0.4, -0.2) is 0 Å². The van der Waals surface area contributed by atoms with Crippen molar-refractivity contribution in [3.63, 3.8) is 0 Å². The number of fused-ring (bicyclic) bond motifs is 4. The summed E-state index contributed by atoms with van der Waals surface area (Å²) in [6.07, 6.45) is 2.45. The number of furan rings is 1. The smallest absolute Gasteiger partial charge is 0.139 e. The SMILES string of the molecule is CC(C)(C)c1cccc2c1oc1cc(Nc3ccc4c(c3)C(C)(C)CCC4(C)C)ccc12. The van der Waals surface area contributed by atoms with E-state index < -0.39 is 0 Å². The Morgan fingerprint density at radius 3 is 2.12 bits per heavy atom. The second-order valence-corrected chi connectivity index (χ2v) is 11.9. The third-order valence-corrected chi connectivity index (χ3v) is 7.45. The minimum Gasteiger partial charge on any atom is -0.456 e. The minimum absolute atomic E-state index is 0.0399. The lowest BCUT2D eigenvalue weighted by Crippen LogP contribution is -2.33. The van der Waals surface area contributed by atoms with Gasteiger partial charge in [0.1, 0.15) is 11.2 Å². The molecule has 32 heavy (non-hydrogen) atoms. The molecule has 2 heteroatoms. The van der Waals surface area contributed by atoms with E-state index in [1.165, 1.54) is 40.3 Å². The summed E-state index contributed by atoms with van der Waals surface area (Å²) < 4.78 is 6.40. The minimum atomic E-state index is 0.0399. The number of hydrogen-bond acceptors (Lipinski definition) is 2. The molecule has 0 fully saturated rings. The van der Waals surface area contributed by atoms with Gasteiger partial charge in [-0.25, -0.2) is 0 Å². The molecule has 166 valence electrons. The zero-order valence-electron chi connectivity index (χ0n) is 20.5. The van der Waals surface area contributed by atoms with E-state index in [0.717, 1.165) is 22.5 Å². The normalized spacial score (nSPS) is 17.5. The largest absolute Gasteiger partial charge is 0.456 e. The fourth-order valence-corrected chi connectivity index (χ4v) is 5.30. The monoisotopic (exact) mass is 425 g/mol. The van der Waals surface area contributed by atoms with Crippen molar-refractivity contribution in [1.29, 1.82) is 0 Å². The van der Waals surface area contributed by atoms with Crippen LogP contribution in [0.5, 0.6) is 0 Å². The molecule has 0 unspecified atom stereocenters. The van der Waals surface area contributed by atoms with Crippen molar-refractivity contribution in [3.8, 4) is 0 Å². The standard InChI is InChI=1S/C30H35NO/c1-28(2,3)24-10-8-9-22-21-13-11-20(18-26(21)32-27(22)24)31-19-12-14-23-25(17-19)30(6,7)16-15-29(23,4)5/h8-14,17-18,31H,15-16H2,1-7H3. The second kappa shape index (κ2) is 6.88. The Morgan fingerprint density at radius 1 is 0.750 bits per heavy atom. The van der Waals surface area contributed by atoms with Crippen molar-refractivity contribution < 1.29 is 4.42 Å². The maximum absolute atomic E-state index is 6.40. The van der Waals surface area contributed by atoms with Gasteiger partial charge in [-0.15, -0.1) is 0 Å². The van der Waals surface area contributed by atoms with Crippen LogP contribution in [0.1, 0.15) is 78.0 Å². The van der Waals surface area contributed by atoms with Gasteiger partial charge >= 0.3 is 0 Å². The first kappa shape index (κ1) is 21.1. The molecule has 0 saturated carbocycles.